The summed E-state index contributed by atoms with van der Waals surface area (Å²) >= 11 is 1.43. The fourth-order valence-corrected chi connectivity index (χ4v) is 5.68. The maximum absolute atomic E-state index is 13.2. The molecule has 8 heteroatoms. The van der Waals surface area contributed by atoms with Gasteiger partial charge >= 0.3 is 5.97 Å². The Hall–Kier alpha value is -1.90. The molecule has 0 bridgehead atoms. The van der Waals surface area contributed by atoms with E-state index in [0.717, 1.165) is 19.3 Å². The number of Topliss-reactive ketones (excluding diaryl/α,β-unsaturated/α-hetero) is 1. The molecule has 0 spiro atoms. The second kappa shape index (κ2) is 15.3. The molecule has 35 heavy (non-hydrogen) atoms. The highest BCUT2D eigenvalue weighted by Gasteiger charge is 2.42. The molecule has 1 aromatic rings. The van der Waals surface area contributed by atoms with E-state index in [9.17, 15) is 24.2 Å². The molecule has 2 N–H and O–H groups in total. The van der Waals surface area contributed by atoms with Crippen molar-refractivity contribution < 1.29 is 33.7 Å². The molecule has 6 nitrogen and oxygen atoms in total. The number of esters is 1. The first kappa shape index (κ1) is 29.3. The summed E-state index contributed by atoms with van der Waals surface area (Å²) in [5.74, 6) is -0.0623. The summed E-state index contributed by atoms with van der Waals surface area (Å²) in [6.07, 6.45) is 8.93. The molecule has 0 aliphatic heterocycles. The minimum Gasteiger partial charge on any atom is -0.491 e. The van der Waals surface area contributed by atoms with E-state index in [0.29, 0.717) is 43.6 Å². The molecule has 0 saturated heterocycles. The lowest BCUT2D eigenvalue weighted by atomic mass is 9.99. The molecule has 0 radical (unpaired) electrons. The summed E-state index contributed by atoms with van der Waals surface area (Å²) in [6.45, 7) is 2.15. The fraction of sp³-hybridized carbons (Fsp3) is 0.630. The van der Waals surface area contributed by atoms with Crippen molar-refractivity contribution in [2.24, 2.45) is 5.92 Å². The van der Waals surface area contributed by atoms with Crippen LogP contribution in [0.15, 0.2) is 36.4 Å². The largest absolute Gasteiger partial charge is 0.491 e. The minimum absolute atomic E-state index is 0.0336. The molecule has 1 aliphatic carbocycles. The number of halogens is 1. The van der Waals surface area contributed by atoms with Gasteiger partial charge in [0.1, 0.15) is 29.6 Å². The van der Waals surface area contributed by atoms with Gasteiger partial charge in [0.05, 0.1) is 13.2 Å². The third kappa shape index (κ3) is 10.3. The summed E-state index contributed by atoms with van der Waals surface area (Å²) in [6, 6.07) is 5.69. The maximum Gasteiger partial charge on any atom is 0.305 e. The zero-order valence-corrected chi connectivity index (χ0v) is 21.6. The molecule has 1 fully saturated rings. The van der Waals surface area contributed by atoms with Crippen molar-refractivity contribution in [2.75, 3.05) is 19.5 Å². The minimum atomic E-state index is -1.13. The second-order valence-electron chi connectivity index (χ2n) is 9.22. The standard InChI is InChI=1S/C27H39FO6S/c1-3-4-9-16-27(32,18-34-21-14-12-20(28)13-15-21)19-35-26-22(23(29)17-24(26)30)10-7-5-6-8-11-25(31)33-2/h5,7,12-15,22,24,26,30,32H,3-4,6,8-11,16-19H2,1-2H3/t22-,24?,26+,27?/m0/s1. The number of benzene rings is 1. The number of aliphatic hydroxyl groups excluding tert-OH is 1. The molecule has 4 atom stereocenters. The number of ether oxygens (including phenoxy) is 2. The van der Waals surface area contributed by atoms with E-state index in [4.69, 9.17) is 4.74 Å². The highest BCUT2D eigenvalue weighted by Crippen LogP contribution is 2.38. The molecule has 1 aromatic carbocycles. The van der Waals surface area contributed by atoms with Crippen LogP contribution in [0.25, 0.3) is 0 Å². The van der Waals surface area contributed by atoms with Crippen LogP contribution in [-0.2, 0) is 14.3 Å². The van der Waals surface area contributed by atoms with Gasteiger partial charge in [-0.2, -0.15) is 11.8 Å². The smallest absolute Gasteiger partial charge is 0.305 e. The van der Waals surface area contributed by atoms with Gasteiger partial charge in [-0.25, -0.2) is 4.39 Å². The lowest BCUT2D eigenvalue weighted by Gasteiger charge is -2.30. The summed E-state index contributed by atoms with van der Waals surface area (Å²) < 4.78 is 23.6. The molecule has 2 unspecified atom stereocenters. The lowest BCUT2D eigenvalue weighted by Crippen LogP contribution is -2.40. The third-order valence-corrected chi connectivity index (χ3v) is 7.98. The van der Waals surface area contributed by atoms with Gasteiger partial charge in [-0.15, -0.1) is 0 Å². The number of hydrogen-bond donors (Lipinski definition) is 2. The van der Waals surface area contributed by atoms with E-state index in [2.05, 4.69) is 11.7 Å². The van der Waals surface area contributed by atoms with E-state index in [1.54, 1.807) is 0 Å². The van der Waals surface area contributed by atoms with Crippen molar-refractivity contribution in [3.63, 3.8) is 0 Å². The Morgan fingerprint density at radius 1 is 1.23 bits per heavy atom. The lowest BCUT2D eigenvalue weighted by molar-refractivity contribution is -0.140. The number of ketones is 1. The van der Waals surface area contributed by atoms with E-state index in [-0.39, 0.29) is 41.8 Å². The van der Waals surface area contributed by atoms with Crippen molar-refractivity contribution in [3.05, 3.63) is 42.2 Å². The Kier molecular flexibility index (Phi) is 12.8. The molecule has 1 aliphatic rings. The Morgan fingerprint density at radius 3 is 2.66 bits per heavy atom. The summed E-state index contributed by atoms with van der Waals surface area (Å²) in [5, 5.41) is 21.6. The van der Waals surface area contributed by atoms with Gasteiger partial charge in [-0.1, -0.05) is 38.3 Å². The van der Waals surface area contributed by atoms with Gasteiger partial charge in [0, 0.05) is 29.8 Å². The molecule has 196 valence electrons. The summed E-state index contributed by atoms with van der Waals surface area (Å²) in [4.78, 5) is 23.7. The Morgan fingerprint density at radius 2 is 1.97 bits per heavy atom. The number of methoxy groups -OCH3 is 1. The van der Waals surface area contributed by atoms with Crippen molar-refractivity contribution in [1.29, 1.82) is 0 Å². The molecular weight excluding hydrogens is 471 g/mol. The number of carbonyl (C=O) groups excluding carboxylic acids is 2. The van der Waals surface area contributed by atoms with E-state index < -0.39 is 11.7 Å². The zero-order chi connectivity index (χ0) is 25.7. The van der Waals surface area contributed by atoms with Crippen LogP contribution in [0.5, 0.6) is 5.75 Å². The second-order valence-corrected chi connectivity index (χ2v) is 10.4. The quantitative estimate of drug-likeness (QED) is 0.186. The Balaban J connectivity index is 1.94. The van der Waals surface area contributed by atoms with Crippen molar-refractivity contribution in [3.8, 4) is 5.75 Å². The van der Waals surface area contributed by atoms with Gasteiger partial charge < -0.3 is 19.7 Å². The molecule has 0 amide bonds. The number of carbonyl (C=O) groups is 2. The molecule has 0 aromatic heterocycles. The van der Waals surface area contributed by atoms with Crippen LogP contribution >= 0.6 is 11.8 Å². The molecular formula is C27H39FO6S. The maximum atomic E-state index is 13.2. The third-order valence-electron chi connectivity index (χ3n) is 6.25. The zero-order valence-electron chi connectivity index (χ0n) is 20.8. The van der Waals surface area contributed by atoms with Crippen LogP contribution < -0.4 is 4.74 Å². The van der Waals surface area contributed by atoms with Crippen LogP contribution in [-0.4, -0.2) is 58.4 Å². The average molecular weight is 511 g/mol. The van der Waals surface area contributed by atoms with Gasteiger partial charge in [0.15, 0.2) is 0 Å². The van der Waals surface area contributed by atoms with Gasteiger partial charge in [-0.05, 0) is 49.9 Å². The molecule has 0 heterocycles. The number of allylic oxidation sites excluding steroid dienone is 2. The van der Waals surface area contributed by atoms with E-state index in [1.807, 2.05) is 12.2 Å². The first-order chi connectivity index (χ1) is 16.8. The number of thioether (sulfide) groups is 1. The highest BCUT2D eigenvalue weighted by molar-refractivity contribution is 8.00. The predicted octanol–water partition coefficient (Wildman–Crippen LogP) is 4.86. The molecule has 2 rings (SSSR count). The summed E-state index contributed by atoms with van der Waals surface area (Å²) in [5.41, 5.74) is -1.13. The van der Waals surface area contributed by atoms with Gasteiger partial charge in [-0.3, -0.25) is 9.59 Å². The van der Waals surface area contributed by atoms with Crippen molar-refractivity contribution >= 4 is 23.5 Å². The number of unbranched alkanes of at least 4 members (excludes halogenated alkanes) is 3. The number of hydrogen-bond acceptors (Lipinski definition) is 7. The van der Waals surface area contributed by atoms with Crippen LogP contribution in [0.4, 0.5) is 4.39 Å². The van der Waals surface area contributed by atoms with Crippen LogP contribution in [0.1, 0.15) is 64.7 Å². The summed E-state index contributed by atoms with van der Waals surface area (Å²) in [7, 11) is 1.37. The normalized spacial score (nSPS) is 21.9. The SMILES string of the molecule is CCCCCC(O)(COc1ccc(F)cc1)CS[C@H]1C(O)CC(=O)[C@@H]1CC=CCCCC(=O)OC. The van der Waals surface area contributed by atoms with E-state index >= 15 is 0 Å². The van der Waals surface area contributed by atoms with E-state index in [1.165, 1.54) is 43.1 Å². The van der Waals surface area contributed by atoms with Gasteiger partial charge in [0.25, 0.3) is 0 Å². The monoisotopic (exact) mass is 510 g/mol. The van der Waals surface area contributed by atoms with Crippen LogP contribution in [0, 0.1) is 11.7 Å². The topological polar surface area (TPSA) is 93.1 Å². The van der Waals surface area contributed by atoms with Crippen molar-refractivity contribution in [2.45, 2.75) is 81.7 Å². The fourth-order valence-electron chi connectivity index (χ4n) is 4.13. The van der Waals surface area contributed by atoms with Gasteiger partial charge in [0.2, 0.25) is 0 Å². The first-order valence-corrected chi connectivity index (χ1v) is 13.5. The highest BCUT2D eigenvalue weighted by atomic mass is 32.2. The Bertz CT molecular complexity index is 814. The number of rotatable bonds is 16. The number of aliphatic hydroxyl groups is 2. The van der Waals surface area contributed by atoms with Crippen LogP contribution in [0.3, 0.4) is 0 Å². The average Bonchev–Trinajstić information content (AvgIpc) is 3.11. The molecule has 1 saturated carbocycles. The first-order valence-electron chi connectivity index (χ1n) is 12.4. The Labute approximate surface area is 212 Å². The van der Waals surface area contributed by atoms with Crippen molar-refractivity contribution in [1.82, 2.24) is 0 Å². The van der Waals surface area contributed by atoms with Crippen LogP contribution in [0.2, 0.25) is 0 Å². The predicted molar refractivity (Wildman–Crippen MR) is 136 cm³/mol.